The number of rotatable bonds is 4. The molecule has 9 heteroatoms. The standard InChI is InChI=1S/C21H23FN6O2/c1-12(15-10-14(22)9-13-5-4-8-29-18(13)15)24-17-6-7-28-20(25-17)16(11-23-28)19-26-21(2,3)30-27-19/h6-7,9-12H,4-5,8H2,1-3H3,(H,24,25)(H,26,27). The minimum Gasteiger partial charge on any atom is -0.493 e. The molecule has 1 aromatic carbocycles. The first-order chi connectivity index (χ1) is 14.4. The molecule has 3 aromatic rings. The maximum atomic E-state index is 14.2. The number of halogens is 1. The van der Waals surface area contributed by atoms with Crippen LogP contribution in [0.15, 0.2) is 35.7 Å². The van der Waals surface area contributed by atoms with Gasteiger partial charge >= 0.3 is 0 Å². The largest absolute Gasteiger partial charge is 0.493 e. The van der Waals surface area contributed by atoms with E-state index in [1.54, 1.807) is 16.8 Å². The fourth-order valence-electron chi connectivity index (χ4n) is 3.82. The second-order valence-corrected chi connectivity index (χ2v) is 8.11. The van der Waals surface area contributed by atoms with Gasteiger partial charge in [0.05, 0.1) is 24.4 Å². The maximum absolute atomic E-state index is 14.2. The minimum absolute atomic E-state index is 0.196. The number of aromatic nitrogens is 3. The third kappa shape index (κ3) is 3.30. The van der Waals surface area contributed by atoms with E-state index in [1.165, 1.54) is 6.07 Å². The zero-order valence-electron chi connectivity index (χ0n) is 17.1. The summed E-state index contributed by atoms with van der Waals surface area (Å²) in [4.78, 5) is 10.1. The summed E-state index contributed by atoms with van der Waals surface area (Å²) in [5.41, 5.74) is 2.50. The summed E-state index contributed by atoms with van der Waals surface area (Å²) in [7, 11) is 0. The second-order valence-electron chi connectivity index (χ2n) is 8.11. The highest BCUT2D eigenvalue weighted by molar-refractivity contribution is 6.04. The van der Waals surface area contributed by atoms with E-state index >= 15 is 0 Å². The van der Waals surface area contributed by atoms with Crippen LogP contribution in [-0.4, -0.2) is 32.8 Å². The average molecular weight is 410 g/mol. The van der Waals surface area contributed by atoms with Crippen molar-refractivity contribution in [2.24, 2.45) is 5.16 Å². The Morgan fingerprint density at radius 2 is 2.20 bits per heavy atom. The number of nitrogens with one attached hydrogen (secondary N) is 2. The van der Waals surface area contributed by atoms with Crippen molar-refractivity contribution in [3.63, 3.8) is 0 Å². The van der Waals surface area contributed by atoms with Crippen LogP contribution < -0.4 is 15.4 Å². The molecule has 2 aliphatic heterocycles. The lowest BCUT2D eigenvalue weighted by atomic mass is 9.98. The van der Waals surface area contributed by atoms with E-state index < -0.39 is 5.72 Å². The summed E-state index contributed by atoms with van der Waals surface area (Å²) in [6.45, 7) is 6.39. The van der Waals surface area contributed by atoms with Gasteiger partial charge in [0.15, 0.2) is 11.5 Å². The molecule has 8 nitrogen and oxygen atoms in total. The summed E-state index contributed by atoms with van der Waals surface area (Å²) in [6, 6.07) is 4.73. The Labute approximate surface area is 173 Å². The molecule has 0 fully saturated rings. The van der Waals surface area contributed by atoms with E-state index in [-0.39, 0.29) is 11.9 Å². The average Bonchev–Trinajstić information content (AvgIpc) is 3.29. The molecule has 0 bridgehead atoms. The number of nitrogens with zero attached hydrogens (tertiary/aromatic N) is 4. The number of oxime groups is 1. The van der Waals surface area contributed by atoms with Crippen LogP contribution in [0.3, 0.4) is 0 Å². The topological polar surface area (TPSA) is 85.1 Å². The fraction of sp³-hybridized carbons (Fsp3) is 0.381. The summed E-state index contributed by atoms with van der Waals surface area (Å²) >= 11 is 0. The van der Waals surface area contributed by atoms with Crippen molar-refractivity contribution in [3.05, 3.63) is 53.1 Å². The van der Waals surface area contributed by atoms with Crippen LogP contribution in [0, 0.1) is 5.82 Å². The number of aryl methyl sites for hydroxylation is 1. The van der Waals surface area contributed by atoms with Crippen molar-refractivity contribution in [2.75, 3.05) is 11.9 Å². The molecular formula is C21H23FN6O2. The molecule has 0 saturated carbocycles. The fourth-order valence-corrected chi connectivity index (χ4v) is 3.82. The third-order valence-corrected chi connectivity index (χ3v) is 5.24. The van der Waals surface area contributed by atoms with Crippen LogP contribution in [0.4, 0.5) is 10.2 Å². The number of ether oxygens (including phenoxy) is 1. The molecule has 1 unspecified atom stereocenters. The summed E-state index contributed by atoms with van der Waals surface area (Å²) in [5, 5.41) is 15.0. The normalized spacial score (nSPS) is 18.1. The Kier molecular flexibility index (Phi) is 4.27. The molecule has 0 aliphatic carbocycles. The molecule has 0 radical (unpaired) electrons. The first kappa shape index (κ1) is 18.7. The predicted molar refractivity (Wildman–Crippen MR) is 110 cm³/mol. The van der Waals surface area contributed by atoms with E-state index in [9.17, 15) is 4.39 Å². The van der Waals surface area contributed by atoms with Gasteiger partial charge in [-0.1, -0.05) is 5.16 Å². The SMILES string of the molecule is CC(Nc1ccn2ncc(C3=NOC(C)(C)N3)c2n1)c1cc(F)cc2c1OCCC2. The number of hydrogen-bond donors (Lipinski definition) is 2. The first-order valence-corrected chi connectivity index (χ1v) is 10.0. The quantitative estimate of drug-likeness (QED) is 0.686. The van der Waals surface area contributed by atoms with Crippen molar-refractivity contribution in [3.8, 4) is 5.75 Å². The molecule has 1 atom stereocenters. The van der Waals surface area contributed by atoms with Crippen LogP contribution in [0.2, 0.25) is 0 Å². The molecule has 2 aromatic heterocycles. The van der Waals surface area contributed by atoms with Crippen molar-refractivity contribution in [1.82, 2.24) is 19.9 Å². The molecule has 0 spiro atoms. The van der Waals surface area contributed by atoms with Crippen molar-refractivity contribution >= 4 is 17.3 Å². The number of amidine groups is 1. The van der Waals surface area contributed by atoms with Crippen molar-refractivity contribution in [1.29, 1.82) is 0 Å². The van der Waals surface area contributed by atoms with E-state index in [0.29, 0.717) is 23.9 Å². The monoisotopic (exact) mass is 410 g/mol. The van der Waals surface area contributed by atoms with E-state index in [0.717, 1.165) is 35.3 Å². The van der Waals surface area contributed by atoms with Crippen LogP contribution in [0.5, 0.6) is 5.75 Å². The maximum Gasteiger partial charge on any atom is 0.203 e. The smallest absolute Gasteiger partial charge is 0.203 e. The lowest BCUT2D eigenvalue weighted by Crippen LogP contribution is -2.38. The lowest BCUT2D eigenvalue weighted by molar-refractivity contribution is -0.00234. The van der Waals surface area contributed by atoms with E-state index in [4.69, 9.17) is 14.6 Å². The molecular weight excluding hydrogens is 387 g/mol. The van der Waals surface area contributed by atoms with Gasteiger partial charge in [0.2, 0.25) is 5.72 Å². The van der Waals surface area contributed by atoms with Gasteiger partial charge in [-0.05, 0) is 57.4 Å². The molecule has 30 heavy (non-hydrogen) atoms. The zero-order chi connectivity index (χ0) is 20.9. The van der Waals surface area contributed by atoms with Gasteiger partial charge < -0.3 is 20.2 Å². The predicted octanol–water partition coefficient (Wildman–Crippen LogP) is 3.38. The van der Waals surface area contributed by atoms with Gasteiger partial charge in [-0.15, -0.1) is 0 Å². The number of benzene rings is 1. The lowest BCUT2D eigenvalue weighted by Gasteiger charge is -2.24. The molecule has 0 saturated heterocycles. The van der Waals surface area contributed by atoms with Crippen LogP contribution in [-0.2, 0) is 11.3 Å². The second kappa shape index (κ2) is 6.86. The highest BCUT2D eigenvalue weighted by atomic mass is 19.1. The zero-order valence-corrected chi connectivity index (χ0v) is 17.1. The Morgan fingerprint density at radius 3 is 3.00 bits per heavy atom. The third-order valence-electron chi connectivity index (χ3n) is 5.24. The molecule has 2 N–H and O–H groups in total. The summed E-state index contributed by atoms with van der Waals surface area (Å²) in [6.07, 6.45) is 5.24. The molecule has 5 rings (SSSR count). The van der Waals surface area contributed by atoms with Crippen LogP contribution in [0.25, 0.3) is 5.65 Å². The number of hydrogen-bond acceptors (Lipinski definition) is 7. The Balaban J connectivity index is 1.45. The minimum atomic E-state index is -0.579. The van der Waals surface area contributed by atoms with Gasteiger partial charge in [0, 0.05) is 11.8 Å². The highest BCUT2D eigenvalue weighted by Crippen LogP contribution is 2.35. The molecule has 156 valence electrons. The van der Waals surface area contributed by atoms with Gasteiger partial charge in [-0.3, -0.25) is 0 Å². The Bertz CT molecular complexity index is 1160. The van der Waals surface area contributed by atoms with Gasteiger partial charge in [-0.25, -0.2) is 13.9 Å². The summed E-state index contributed by atoms with van der Waals surface area (Å²) < 4.78 is 21.7. The van der Waals surface area contributed by atoms with Gasteiger partial charge in [-0.2, -0.15) is 5.10 Å². The summed E-state index contributed by atoms with van der Waals surface area (Å²) in [5.74, 6) is 1.75. The van der Waals surface area contributed by atoms with Crippen LogP contribution >= 0.6 is 0 Å². The number of anilines is 1. The van der Waals surface area contributed by atoms with E-state index in [1.807, 2.05) is 33.0 Å². The van der Waals surface area contributed by atoms with Crippen molar-refractivity contribution < 1.29 is 14.0 Å². The Hall–Kier alpha value is -3.36. The van der Waals surface area contributed by atoms with E-state index in [2.05, 4.69) is 20.9 Å². The Morgan fingerprint density at radius 1 is 1.33 bits per heavy atom. The van der Waals surface area contributed by atoms with Crippen molar-refractivity contribution in [2.45, 2.75) is 45.4 Å². The molecule has 2 aliphatic rings. The molecule has 4 heterocycles. The van der Waals surface area contributed by atoms with Crippen LogP contribution in [0.1, 0.15) is 49.9 Å². The molecule has 0 amide bonds. The van der Waals surface area contributed by atoms with Gasteiger partial charge in [0.25, 0.3) is 0 Å². The highest BCUT2D eigenvalue weighted by Gasteiger charge is 2.30. The van der Waals surface area contributed by atoms with Gasteiger partial charge in [0.1, 0.15) is 17.4 Å². The number of fused-ring (bicyclic) bond motifs is 2. The first-order valence-electron chi connectivity index (χ1n) is 10.0.